The van der Waals surface area contributed by atoms with Crippen molar-refractivity contribution in [2.24, 2.45) is 11.8 Å². The quantitative estimate of drug-likeness (QED) is 0.845. The Balaban J connectivity index is 1.72. The Morgan fingerprint density at radius 2 is 1.56 bits per heavy atom. The van der Waals surface area contributed by atoms with Crippen LogP contribution in [-0.4, -0.2) is 16.7 Å². The Morgan fingerprint density at radius 1 is 0.840 bits per heavy atom. The maximum atomic E-state index is 13.0. The average molecular weight is 334 g/mol. The van der Waals surface area contributed by atoms with E-state index in [1.165, 1.54) is 6.42 Å². The number of ketones is 2. The van der Waals surface area contributed by atoms with Gasteiger partial charge >= 0.3 is 0 Å². The molecule has 2 aliphatic rings. The normalized spacial score (nSPS) is 20.8. The minimum absolute atomic E-state index is 0.00442. The maximum Gasteiger partial charge on any atom is 0.174 e. The number of aliphatic hydroxyl groups excluding tert-OH is 1. The lowest BCUT2D eigenvalue weighted by molar-refractivity contribution is 0.0757. The summed E-state index contributed by atoms with van der Waals surface area (Å²) in [6.07, 6.45) is 5.41. The minimum Gasteiger partial charge on any atom is -0.392 e. The van der Waals surface area contributed by atoms with Gasteiger partial charge in [0.25, 0.3) is 0 Å². The zero-order valence-electron chi connectivity index (χ0n) is 14.2. The lowest BCUT2D eigenvalue weighted by Crippen LogP contribution is -2.27. The van der Waals surface area contributed by atoms with Crippen molar-refractivity contribution >= 4 is 11.6 Å². The molecule has 0 heterocycles. The summed E-state index contributed by atoms with van der Waals surface area (Å²) in [6, 6.07) is 13.1. The van der Waals surface area contributed by atoms with Crippen LogP contribution in [0.3, 0.4) is 0 Å². The molecule has 1 saturated carbocycles. The SMILES string of the molecule is O=C1c2ccc(-c3ccccc3CO)cc2C(=O)C1C1CCCCC1. The number of fused-ring (bicyclic) bond motifs is 1. The van der Waals surface area contributed by atoms with E-state index in [0.29, 0.717) is 11.1 Å². The fraction of sp³-hybridized carbons (Fsp3) is 0.364. The highest BCUT2D eigenvalue weighted by molar-refractivity contribution is 6.27. The van der Waals surface area contributed by atoms with E-state index in [9.17, 15) is 14.7 Å². The second-order valence-electron chi connectivity index (χ2n) is 7.18. The second kappa shape index (κ2) is 6.57. The van der Waals surface area contributed by atoms with E-state index >= 15 is 0 Å². The van der Waals surface area contributed by atoms with E-state index in [-0.39, 0.29) is 24.1 Å². The van der Waals surface area contributed by atoms with Gasteiger partial charge in [0, 0.05) is 11.1 Å². The number of hydrogen-bond acceptors (Lipinski definition) is 3. The lowest BCUT2D eigenvalue weighted by Gasteiger charge is -2.25. The summed E-state index contributed by atoms with van der Waals surface area (Å²) in [5.74, 6) is -0.267. The summed E-state index contributed by atoms with van der Waals surface area (Å²) in [5, 5.41) is 9.56. The first-order valence-corrected chi connectivity index (χ1v) is 9.12. The summed E-state index contributed by atoms with van der Waals surface area (Å²) in [5.41, 5.74) is 3.75. The molecule has 2 aromatic rings. The first-order chi connectivity index (χ1) is 12.2. The Bertz CT molecular complexity index is 831. The highest BCUT2D eigenvalue weighted by Crippen LogP contribution is 2.40. The third-order valence-electron chi connectivity index (χ3n) is 5.74. The Hall–Kier alpha value is -2.26. The fourth-order valence-electron chi connectivity index (χ4n) is 4.42. The third-order valence-corrected chi connectivity index (χ3v) is 5.74. The smallest absolute Gasteiger partial charge is 0.174 e. The molecule has 0 saturated heterocycles. The van der Waals surface area contributed by atoms with Crippen LogP contribution in [0.5, 0.6) is 0 Å². The maximum absolute atomic E-state index is 13.0. The lowest BCUT2D eigenvalue weighted by atomic mass is 9.78. The molecule has 0 amide bonds. The van der Waals surface area contributed by atoms with Crippen molar-refractivity contribution in [2.45, 2.75) is 38.7 Å². The zero-order valence-corrected chi connectivity index (χ0v) is 14.2. The van der Waals surface area contributed by atoms with E-state index in [1.54, 1.807) is 6.07 Å². The molecule has 0 radical (unpaired) electrons. The fourth-order valence-corrected chi connectivity index (χ4v) is 4.42. The van der Waals surface area contributed by atoms with E-state index in [2.05, 4.69) is 0 Å². The van der Waals surface area contributed by atoms with Gasteiger partial charge in [-0.2, -0.15) is 0 Å². The van der Waals surface area contributed by atoms with Crippen LogP contribution >= 0.6 is 0 Å². The molecule has 128 valence electrons. The van der Waals surface area contributed by atoms with Gasteiger partial charge in [-0.15, -0.1) is 0 Å². The van der Waals surface area contributed by atoms with Gasteiger partial charge in [0.1, 0.15) is 0 Å². The number of benzene rings is 2. The predicted octanol–water partition coefficient (Wildman–Crippen LogP) is 4.42. The highest BCUT2D eigenvalue weighted by atomic mass is 16.3. The Kier molecular flexibility index (Phi) is 4.26. The molecule has 0 bridgehead atoms. The molecule has 2 aromatic carbocycles. The predicted molar refractivity (Wildman–Crippen MR) is 96.5 cm³/mol. The molecule has 3 nitrogen and oxygen atoms in total. The van der Waals surface area contributed by atoms with Crippen LogP contribution in [0.15, 0.2) is 42.5 Å². The molecule has 25 heavy (non-hydrogen) atoms. The Morgan fingerprint density at radius 3 is 2.32 bits per heavy atom. The molecule has 2 aliphatic carbocycles. The number of rotatable bonds is 3. The largest absolute Gasteiger partial charge is 0.392 e. The van der Waals surface area contributed by atoms with Gasteiger partial charge in [-0.25, -0.2) is 0 Å². The molecular formula is C22H22O3. The third kappa shape index (κ3) is 2.73. The van der Waals surface area contributed by atoms with E-state index in [0.717, 1.165) is 42.4 Å². The van der Waals surface area contributed by atoms with Gasteiger partial charge in [0.15, 0.2) is 11.6 Å². The number of carbonyl (C=O) groups excluding carboxylic acids is 2. The monoisotopic (exact) mass is 334 g/mol. The van der Waals surface area contributed by atoms with Crippen molar-refractivity contribution in [1.29, 1.82) is 0 Å². The molecule has 0 spiro atoms. The molecule has 1 unspecified atom stereocenters. The van der Waals surface area contributed by atoms with Crippen LogP contribution in [-0.2, 0) is 6.61 Å². The van der Waals surface area contributed by atoms with Gasteiger partial charge in [-0.05, 0) is 41.5 Å². The van der Waals surface area contributed by atoms with Crippen molar-refractivity contribution < 1.29 is 14.7 Å². The number of hydrogen-bond donors (Lipinski definition) is 1. The summed E-state index contributed by atoms with van der Waals surface area (Å²) < 4.78 is 0. The van der Waals surface area contributed by atoms with Crippen LogP contribution in [0, 0.1) is 11.8 Å². The van der Waals surface area contributed by atoms with Crippen LogP contribution in [0.25, 0.3) is 11.1 Å². The molecule has 0 aliphatic heterocycles. The van der Waals surface area contributed by atoms with E-state index < -0.39 is 5.92 Å². The van der Waals surface area contributed by atoms with E-state index in [4.69, 9.17) is 0 Å². The van der Waals surface area contributed by atoms with Gasteiger partial charge in [0.2, 0.25) is 0 Å². The molecule has 4 rings (SSSR count). The summed E-state index contributed by atoms with van der Waals surface area (Å²) >= 11 is 0. The first kappa shape index (κ1) is 16.2. The van der Waals surface area contributed by atoms with Crippen molar-refractivity contribution in [2.75, 3.05) is 0 Å². The van der Waals surface area contributed by atoms with Crippen molar-refractivity contribution in [3.8, 4) is 11.1 Å². The molecule has 1 atom stereocenters. The van der Waals surface area contributed by atoms with Crippen molar-refractivity contribution in [3.63, 3.8) is 0 Å². The van der Waals surface area contributed by atoms with Crippen LogP contribution in [0.4, 0.5) is 0 Å². The number of aliphatic hydroxyl groups is 1. The highest BCUT2D eigenvalue weighted by Gasteiger charge is 2.43. The molecule has 1 N–H and O–H groups in total. The summed E-state index contributed by atoms with van der Waals surface area (Å²) in [4.78, 5) is 25.8. The first-order valence-electron chi connectivity index (χ1n) is 9.12. The Labute approximate surface area is 147 Å². The topological polar surface area (TPSA) is 54.4 Å². The van der Waals surface area contributed by atoms with E-state index in [1.807, 2.05) is 36.4 Å². The van der Waals surface area contributed by atoms with Crippen LogP contribution in [0.1, 0.15) is 58.4 Å². The molecule has 1 fully saturated rings. The standard InChI is InChI=1S/C22H22O3/c23-13-16-8-4-5-9-17(16)15-10-11-18-19(12-15)22(25)20(21(18)24)14-6-2-1-3-7-14/h4-5,8-12,14,20,23H,1-3,6-7,13H2. The van der Waals surface area contributed by atoms with Gasteiger partial charge in [0.05, 0.1) is 12.5 Å². The minimum atomic E-state index is -0.473. The number of carbonyl (C=O) groups is 2. The second-order valence-corrected chi connectivity index (χ2v) is 7.18. The van der Waals surface area contributed by atoms with Crippen LogP contribution < -0.4 is 0 Å². The summed E-state index contributed by atoms with van der Waals surface area (Å²) in [6.45, 7) is -0.0508. The summed E-state index contributed by atoms with van der Waals surface area (Å²) in [7, 11) is 0. The molecule has 3 heteroatoms. The van der Waals surface area contributed by atoms with Crippen LogP contribution in [0.2, 0.25) is 0 Å². The average Bonchev–Trinajstić information content (AvgIpc) is 2.92. The molecular weight excluding hydrogens is 312 g/mol. The van der Waals surface area contributed by atoms with Crippen molar-refractivity contribution in [1.82, 2.24) is 0 Å². The van der Waals surface area contributed by atoms with Gasteiger partial charge in [-0.3, -0.25) is 9.59 Å². The molecule has 0 aromatic heterocycles. The van der Waals surface area contributed by atoms with Gasteiger partial charge < -0.3 is 5.11 Å². The number of Topliss-reactive ketones (excluding diaryl/α,β-unsaturated/α-hetero) is 2. The zero-order chi connectivity index (χ0) is 17.4. The van der Waals surface area contributed by atoms with Gasteiger partial charge in [-0.1, -0.05) is 55.7 Å². The van der Waals surface area contributed by atoms with Crippen molar-refractivity contribution in [3.05, 3.63) is 59.2 Å².